The predicted molar refractivity (Wildman–Crippen MR) is 86.7 cm³/mol. The van der Waals surface area contributed by atoms with Gasteiger partial charge in [0, 0.05) is 30.1 Å². The third-order valence-electron chi connectivity index (χ3n) is 4.92. The van der Waals surface area contributed by atoms with E-state index in [1.165, 1.54) is 12.1 Å². The first-order valence-corrected chi connectivity index (χ1v) is 8.25. The van der Waals surface area contributed by atoms with Gasteiger partial charge in [-0.05, 0) is 56.0 Å². The Morgan fingerprint density at radius 1 is 1.30 bits per heavy atom. The summed E-state index contributed by atoms with van der Waals surface area (Å²) >= 11 is 0. The first-order chi connectivity index (χ1) is 11.2. The van der Waals surface area contributed by atoms with Crippen molar-refractivity contribution in [2.45, 2.75) is 25.2 Å². The molecule has 120 valence electrons. The maximum atomic E-state index is 13.7. The van der Waals surface area contributed by atoms with Gasteiger partial charge in [0.2, 0.25) is 0 Å². The molecular formula is C18H20FN3O. The average molecular weight is 313 g/mol. The highest BCUT2D eigenvalue weighted by atomic mass is 19.1. The molecule has 1 aromatic carbocycles. The summed E-state index contributed by atoms with van der Waals surface area (Å²) in [6, 6.07) is 6.36. The zero-order valence-corrected chi connectivity index (χ0v) is 13.0. The summed E-state index contributed by atoms with van der Waals surface area (Å²) < 4.78 is 13.7. The van der Waals surface area contributed by atoms with Crippen molar-refractivity contribution in [1.29, 1.82) is 0 Å². The average Bonchev–Trinajstić information content (AvgIpc) is 3.30. The normalized spacial score (nSPS) is 21.1. The number of carbonyl (C=O) groups is 1. The summed E-state index contributed by atoms with van der Waals surface area (Å²) in [5.41, 5.74) is 7.96. The van der Waals surface area contributed by atoms with Gasteiger partial charge in [0.05, 0.1) is 11.1 Å². The molecule has 1 saturated heterocycles. The molecule has 4 nitrogen and oxygen atoms in total. The zero-order valence-electron chi connectivity index (χ0n) is 13.0. The van der Waals surface area contributed by atoms with Crippen LogP contribution >= 0.6 is 0 Å². The van der Waals surface area contributed by atoms with Gasteiger partial charge in [0.25, 0.3) is 5.91 Å². The highest BCUT2D eigenvalue weighted by Crippen LogP contribution is 2.40. The van der Waals surface area contributed by atoms with Crippen LogP contribution in [0.5, 0.6) is 0 Å². The fourth-order valence-electron chi connectivity index (χ4n) is 3.36. The second-order valence-electron chi connectivity index (χ2n) is 6.67. The van der Waals surface area contributed by atoms with Crippen molar-refractivity contribution in [3.8, 4) is 0 Å². The van der Waals surface area contributed by atoms with Gasteiger partial charge in [0.1, 0.15) is 5.82 Å². The quantitative estimate of drug-likeness (QED) is 0.948. The lowest BCUT2D eigenvalue weighted by molar-refractivity contribution is 0.0789. The van der Waals surface area contributed by atoms with Crippen molar-refractivity contribution in [1.82, 2.24) is 9.88 Å². The second kappa shape index (κ2) is 5.57. The molecule has 1 saturated carbocycles. The molecule has 1 amide bonds. The van der Waals surface area contributed by atoms with Crippen LogP contribution in [-0.4, -0.2) is 35.4 Å². The summed E-state index contributed by atoms with van der Waals surface area (Å²) in [5, 5.41) is 0.607. The number of rotatable bonds is 3. The number of carbonyl (C=O) groups excluding carboxylic acids is 1. The van der Waals surface area contributed by atoms with Crippen molar-refractivity contribution in [3.63, 3.8) is 0 Å². The van der Waals surface area contributed by atoms with Crippen molar-refractivity contribution in [2.24, 2.45) is 11.7 Å². The van der Waals surface area contributed by atoms with Crippen molar-refractivity contribution >= 4 is 16.8 Å². The lowest BCUT2D eigenvalue weighted by Crippen LogP contribution is -2.30. The van der Waals surface area contributed by atoms with Gasteiger partial charge in [0.15, 0.2) is 0 Å². The van der Waals surface area contributed by atoms with Gasteiger partial charge in [-0.1, -0.05) is 0 Å². The number of aromatic nitrogens is 1. The van der Waals surface area contributed by atoms with E-state index < -0.39 is 0 Å². The molecule has 1 atom stereocenters. The minimum atomic E-state index is -0.339. The largest absolute Gasteiger partial charge is 0.338 e. The Kier molecular flexibility index (Phi) is 3.53. The number of likely N-dealkylation sites (tertiary alicyclic amines) is 1. The Hall–Kier alpha value is -2.01. The van der Waals surface area contributed by atoms with Gasteiger partial charge in [-0.15, -0.1) is 0 Å². The summed E-state index contributed by atoms with van der Waals surface area (Å²) in [5.74, 6) is 0.452. The van der Waals surface area contributed by atoms with E-state index >= 15 is 0 Å². The summed E-state index contributed by atoms with van der Waals surface area (Å²) in [6.45, 7) is 2.01. The van der Waals surface area contributed by atoms with Crippen LogP contribution in [0.15, 0.2) is 24.3 Å². The van der Waals surface area contributed by atoms with E-state index in [0.29, 0.717) is 41.4 Å². The highest BCUT2D eigenvalue weighted by Gasteiger charge is 2.30. The fourth-order valence-corrected chi connectivity index (χ4v) is 3.36. The number of pyridine rings is 1. The Bertz CT molecular complexity index is 772. The van der Waals surface area contributed by atoms with Crippen LogP contribution < -0.4 is 5.73 Å². The van der Waals surface area contributed by atoms with E-state index in [1.807, 2.05) is 11.0 Å². The SMILES string of the molecule is NC[C@H]1CCN(C(=O)c2cc(C3CC3)nc3ccc(F)cc23)C1. The molecule has 4 rings (SSSR count). The molecule has 0 unspecified atom stereocenters. The van der Waals surface area contributed by atoms with E-state index in [1.54, 1.807) is 6.07 Å². The second-order valence-corrected chi connectivity index (χ2v) is 6.67. The van der Waals surface area contributed by atoms with E-state index in [-0.39, 0.29) is 11.7 Å². The molecule has 0 radical (unpaired) electrons. The lowest BCUT2D eigenvalue weighted by Gasteiger charge is -2.18. The zero-order chi connectivity index (χ0) is 16.0. The molecule has 1 aliphatic carbocycles. The van der Waals surface area contributed by atoms with E-state index in [9.17, 15) is 9.18 Å². The highest BCUT2D eigenvalue weighted by molar-refractivity contribution is 6.06. The molecule has 2 N–H and O–H groups in total. The fraction of sp³-hybridized carbons (Fsp3) is 0.444. The smallest absolute Gasteiger partial charge is 0.254 e. The van der Waals surface area contributed by atoms with Gasteiger partial charge in [-0.2, -0.15) is 0 Å². The molecule has 1 aliphatic heterocycles. The number of halogens is 1. The van der Waals surface area contributed by atoms with Gasteiger partial charge in [-0.3, -0.25) is 9.78 Å². The van der Waals surface area contributed by atoms with Crippen molar-refractivity contribution in [3.05, 3.63) is 41.3 Å². The summed E-state index contributed by atoms with van der Waals surface area (Å²) in [6.07, 6.45) is 3.17. The van der Waals surface area contributed by atoms with Crippen LogP contribution in [0, 0.1) is 11.7 Å². The van der Waals surface area contributed by atoms with E-state index in [0.717, 1.165) is 31.5 Å². The Labute approximate surface area is 134 Å². The summed E-state index contributed by atoms with van der Waals surface area (Å²) in [4.78, 5) is 19.4. The molecule has 2 aromatic rings. The maximum absolute atomic E-state index is 13.7. The maximum Gasteiger partial charge on any atom is 0.254 e. The van der Waals surface area contributed by atoms with Gasteiger partial charge < -0.3 is 10.6 Å². The molecular weight excluding hydrogens is 293 g/mol. The molecule has 2 heterocycles. The predicted octanol–water partition coefficient (Wildman–Crippen LogP) is 2.67. The number of nitrogens with two attached hydrogens (primary N) is 1. The van der Waals surface area contributed by atoms with Gasteiger partial charge >= 0.3 is 0 Å². The minimum Gasteiger partial charge on any atom is -0.338 e. The van der Waals surface area contributed by atoms with E-state index in [2.05, 4.69) is 4.98 Å². The molecule has 2 aliphatic rings. The van der Waals surface area contributed by atoms with Crippen molar-refractivity contribution < 1.29 is 9.18 Å². The molecule has 2 fully saturated rings. The number of hydrogen-bond donors (Lipinski definition) is 1. The minimum absolute atomic E-state index is 0.0270. The summed E-state index contributed by atoms with van der Waals surface area (Å²) in [7, 11) is 0. The van der Waals surface area contributed by atoms with Crippen molar-refractivity contribution in [2.75, 3.05) is 19.6 Å². The first kappa shape index (κ1) is 14.6. The Morgan fingerprint density at radius 3 is 2.83 bits per heavy atom. The van der Waals surface area contributed by atoms with Crippen LogP contribution in [0.25, 0.3) is 10.9 Å². The monoisotopic (exact) mass is 313 g/mol. The third kappa shape index (κ3) is 2.70. The molecule has 0 spiro atoms. The van der Waals surface area contributed by atoms with Crippen LogP contribution in [0.1, 0.15) is 41.2 Å². The number of nitrogens with zero attached hydrogens (tertiary/aromatic N) is 2. The van der Waals surface area contributed by atoms with Crippen LogP contribution in [0.4, 0.5) is 4.39 Å². The molecule has 1 aromatic heterocycles. The molecule has 23 heavy (non-hydrogen) atoms. The Morgan fingerprint density at radius 2 is 2.13 bits per heavy atom. The number of fused-ring (bicyclic) bond motifs is 1. The van der Waals surface area contributed by atoms with E-state index in [4.69, 9.17) is 5.73 Å². The Balaban J connectivity index is 1.77. The van der Waals surface area contributed by atoms with Crippen LogP contribution in [0.2, 0.25) is 0 Å². The first-order valence-electron chi connectivity index (χ1n) is 8.25. The molecule has 0 bridgehead atoms. The number of amides is 1. The number of hydrogen-bond acceptors (Lipinski definition) is 3. The van der Waals surface area contributed by atoms with Crippen LogP contribution in [0.3, 0.4) is 0 Å². The van der Waals surface area contributed by atoms with Crippen LogP contribution in [-0.2, 0) is 0 Å². The standard InChI is InChI=1S/C18H20FN3O/c19-13-3-4-16-14(7-13)15(8-17(21-16)12-1-2-12)18(23)22-6-5-11(9-20)10-22/h3-4,7-8,11-12H,1-2,5-6,9-10,20H2/t11-/m1/s1. The van der Waals surface area contributed by atoms with Gasteiger partial charge in [-0.25, -0.2) is 4.39 Å². The topological polar surface area (TPSA) is 59.2 Å². The lowest BCUT2D eigenvalue weighted by atomic mass is 10.0. The third-order valence-corrected chi connectivity index (χ3v) is 4.92. The molecule has 5 heteroatoms. The number of benzene rings is 1.